The lowest BCUT2D eigenvalue weighted by Gasteiger charge is -2.22. The topological polar surface area (TPSA) is 0 Å². The van der Waals surface area contributed by atoms with Gasteiger partial charge in [0, 0.05) is 5.41 Å². The van der Waals surface area contributed by atoms with E-state index < -0.39 is 0 Å². The van der Waals surface area contributed by atoms with Gasteiger partial charge in [-0.15, -0.1) is 0 Å². The molecule has 0 amide bonds. The smallest absolute Gasteiger partial charge is 0.0159 e. The molecule has 50 heavy (non-hydrogen) atoms. The Kier molecular flexibility index (Phi) is 7.68. The van der Waals surface area contributed by atoms with Crippen LogP contribution in [-0.4, -0.2) is 0 Å². The summed E-state index contributed by atoms with van der Waals surface area (Å²) in [6, 6.07) is 52.7. The van der Waals surface area contributed by atoms with Crippen molar-refractivity contribution in [2.75, 3.05) is 0 Å². The molecule has 0 saturated carbocycles. The van der Waals surface area contributed by atoms with Crippen LogP contribution in [-0.2, 0) is 10.8 Å². The van der Waals surface area contributed by atoms with E-state index in [4.69, 9.17) is 0 Å². The molecule has 0 fully saturated rings. The number of benzene rings is 8. The molecule has 0 bridgehead atoms. The molecule has 9 rings (SSSR count). The highest BCUT2D eigenvalue weighted by Gasteiger charge is 2.35. The lowest BCUT2D eigenvalue weighted by molar-refractivity contribution is 0.591. The fourth-order valence-electron chi connectivity index (χ4n) is 8.13. The quantitative estimate of drug-likeness (QED) is 0.168. The molecule has 1 aliphatic rings. The molecule has 0 unspecified atom stereocenters. The largest absolute Gasteiger partial charge is 0.0656 e. The van der Waals surface area contributed by atoms with Crippen LogP contribution in [0.4, 0.5) is 0 Å². The second kappa shape index (κ2) is 12.0. The van der Waals surface area contributed by atoms with E-state index in [0.717, 1.165) is 0 Å². The SMILES string of the molecule is CC(C)(C)c1cc2ccc3ccc(-c4cccc(-c5cccc(-c6ccc7c(c6)C(C)(C)c6ccccc6-7)c5)c4)c4ccc(c1)c2c34.CCC. The fourth-order valence-corrected chi connectivity index (χ4v) is 8.13. The number of rotatable bonds is 3. The summed E-state index contributed by atoms with van der Waals surface area (Å²) in [5.74, 6) is 0. The molecule has 0 heteroatoms. The molecule has 8 aromatic carbocycles. The number of fused-ring (bicyclic) bond motifs is 3. The third-order valence-corrected chi connectivity index (χ3v) is 10.8. The number of hydrogen-bond donors (Lipinski definition) is 0. The van der Waals surface area contributed by atoms with Crippen molar-refractivity contribution in [3.63, 3.8) is 0 Å². The average molecular weight is 647 g/mol. The molecule has 0 N–H and O–H groups in total. The summed E-state index contributed by atoms with van der Waals surface area (Å²) in [5, 5.41) is 8.01. The van der Waals surface area contributed by atoms with Gasteiger partial charge in [-0.3, -0.25) is 0 Å². The third kappa shape index (κ3) is 5.21. The van der Waals surface area contributed by atoms with Gasteiger partial charge in [-0.2, -0.15) is 0 Å². The van der Waals surface area contributed by atoms with Crippen molar-refractivity contribution < 1.29 is 0 Å². The average Bonchev–Trinajstić information content (AvgIpc) is 3.36. The Balaban J connectivity index is 0.00000116. The van der Waals surface area contributed by atoms with E-state index in [1.807, 2.05) is 0 Å². The van der Waals surface area contributed by atoms with E-state index >= 15 is 0 Å². The fraction of sp³-hybridized carbons (Fsp3) is 0.200. The normalized spacial score (nSPS) is 13.3. The highest BCUT2D eigenvalue weighted by Crippen LogP contribution is 2.49. The maximum absolute atomic E-state index is 2.42. The summed E-state index contributed by atoms with van der Waals surface area (Å²) in [7, 11) is 0. The Labute approximate surface area is 297 Å². The summed E-state index contributed by atoms with van der Waals surface area (Å²) < 4.78 is 0. The van der Waals surface area contributed by atoms with Gasteiger partial charge in [0.05, 0.1) is 0 Å². The van der Waals surface area contributed by atoms with Crippen LogP contribution in [0.5, 0.6) is 0 Å². The molecule has 0 radical (unpaired) electrons. The van der Waals surface area contributed by atoms with Gasteiger partial charge in [0.2, 0.25) is 0 Å². The van der Waals surface area contributed by atoms with Gasteiger partial charge >= 0.3 is 0 Å². The maximum atomic E-state index is 2.42. The molecular weight excluding hydrogens is 601 g/mol. The van der Waals surface area contributed by atoms with Crippen molar-refractivity contribution in [2.45, 2.75) is 65.7 Å². The first-order chi connectivity index (χ1) is 24.1. The predicted molar refractivity (Wildman–Crippen MR) is 219 cm³/mol. The van der Waals surface area contributed by atoms with Gasteiger partial charge in [-0.25, -0.2) is 0 Å². The van der Waals surface area contributed by atoms with Gasteiger partial charge < -0.3 is 0 Å². The van der Waals surface area contributed by atoms with E-state index in [0.29, 0.717) is 0 Å². The first-order valence-corrected chi connectivity index (χ1v) is 18.3. The van der Waals surface area contributed by atoms with Crippen LogP contribution < -0.4 is 0 Å². The standard InChI is InChI=1S/C47H38.C3H8/c1-46(2,3)37-26-35-17-16-29-18-21-38(41-23-20-36(27-37)44(35)45(29)41)34-13-9-12-32(25-34)30-10-8-11-31(24-30)33-19-22-40-39-14-6-7-15-42(39)47(4,5)43(40)28-33;1-3-2/h6-28H,1-5H3;3H2,1-2H3. The molecule has 1 aliphatic carbocycles. The Morgan fingerprint density at radius 3 is 1.64 bits per heavy atom. The van der Waals surface area contributed by atoms with Crippen molar-refractivity contribution >= 4 is 32.3 Å². The summed E-state index contributed by atoms with van der Waals surface area (Å²) in [4.78, 5) is 0. The minimum Gasteiger partial charge on any atom is -0.0656 e. The van der Waals surface area contributed by atoms with Gasteiger partial charge in [-0.05, 0) is 117 Å². The monoisotopic (exact) mass is 646 g/mol. The van der Waals surface area contributed by atoms with Gasteiger partial charge in [0.1, 0.15) is 0 Å². The minimum atomic E-state index is -0.0105. The summed E-state index contributed by atoms with van der Waals surface area (Å²) in [6.45, 7) is 15.8. The number of hydrogen-bond acceptors (Lipinski definition) is 0. The molecular formula is C50H46. The maximum Gasteiger partial charge on any atom is 0.0159 e. The zero-order valence-electron chi connectivity index (χ0n) is 30.5. The van der Waals surface area contributed by atoms with Crippen LogP contribution >= 0.6 is 0 Å². The predicted octanol–water partition coefficient (Wildman–Crippen LogP) is 14.6. The van der Waals surface area contributed by atoms with E-state index in [1.54, 1.807) is 0 Å². The highest BCUT2D eigenvalue weighted by atomic mass is 14.4. The highest BCUT2D eigenvalue weighted by molar-refractivity contribution is 6.25. The van der Waals surface area contributed by atoms with Crippen molar-refractivity contribution in [1.29, 1.82) is 0 Å². The lowest BCUT2D eigenvalue weighted by Crippen LogP contribution is -2.14. The zero-order valence-corrected chi connectivity index (χ0v) is 30.5. The Morgan fingerprint density at radius 2 is 0.960 bits per heavy atom. The Morgan fingerprint density at radius 1 is 0.440 bits per heavy atom. The molecule has 8 aromatic rings. The molecule has 0 nitrogen and oxygen atoms in total. The molecule has 246 valence electrons. The van der Waals surface area contributed by atoms with Crippen LogP contribution in [0.3, 0.4) is 0 Å². The van der Waals surface area contributed by atoms with Crippen molar-refractivity contribution in [3.8, 4) is 44.5 Å². The van der Waals surface area contributed by atoms with E-state index in [1.165, 1.54) is 99.9 Å². The minimum absolute atomic E-state index is 0.0105. The van der Waals surface area contributed by atoms with E-state index in [9.17, 15) is 0 Å². The molecule has 0 aliphatic heterocycles. The summed E-state index contributed by atoms with van der Waals surface area (Å²) in [6.07, 6.45) is 1.25. The molecule has 0 saturated heterocycles. The third-order valence-electron chi connectivity index (χ3n) is 10.8. The van der Waals surface area contributed by atoms with Crippen LogP contribution in [0.25, 0.3) is 76.8 Å². The zero-order chi connectivity index (χ0) is 34.8. The summed E-state index contributed by atoms with van der Waals surface area (Å²) in [5.41, 5.74) is 14.6. The second-order valence-electron chi connectivity index (χ2n) is 15.7. The van der Waals surface area contributed by atoms with Crippen molar-refractivity contribution in [3.05, 3.63) is 156 Å². The molecule has 0 spiro atoms. The Bertz CT molecular complexity index is 2520. The van der Waals surface area contributed by atoms with Gasteiger partial charge in [0.25, 0.3) is 0 Å². The second-order valence-corrected chi connectivity index (χ2v) is 15.7. The Hall–Kier alpha value is -5.20. The molecule has 0 aromatic heterocycles. The van der Waals surface area contributed by atoms with Gasteiger partial charge in [0.15, 0.2) is 0 Å². The lowest BCUT2D eigenvalue weighted by atomic mass is 9.81. The van der Waals surface area contributed by atoms with Crippen LogP contribution in [0.15, 0.2) is 140 Å². The first kappa shape index (κ1) is 32.0. The summed E-state index contributed by atoms with van der Waals surface area (Å²) >= 11 is 0. The molecule has 0 heterocycles. The first-order valence-electron chi connectivity index (χ1n) is 18.3. The van der Waals surface area contributed by atoms with Crippen molar-refractivity contribution in [1.82, 2.24) is 0 Å². The van der Waals surface area contributed by atoms with Crippen molar-refractivity contribution in [2.24, 2.45) is 0 Å². The van der Waals surface area contributed by atoms with E-state index in [-0.39, 0.29) is 10.8 Å². The van der Waals surface area contributed by atoms with Crippen LogP contribution in [0.1, 0.15) is 71.6 Å². The van der Waals surface area contributed by atoms with Crippen LogP contribution in [0.2, 0.25) is 0 Å². The van der Waals surface area contributed by atoms with E-state index in [2.05, 4.69) is 188 Å². The molecule has 0 atom stereocenters. The van der Waals surface area contributed by atoms with Gasteiger partial charge in [-0.1, -0.05) is 176 Å². The van der Waals surface area contributed by atoms with Crippen LogP contribution in [0, 0.1) is 0 Å².